The van der Waals surface area contributed by atoms with Crippen LogP contribution in [0.5, 0.6) is 0 Å². The lowest BCUT2D eigenvalue weighted by molar-refractivity contribution is 0.0177. The van der Waals surface area contributed by atoms with Crippen LogP contribution in [0.3, 0.4) is 0 Å². The highest BCUT2D eigenvalue weighted by molar-refractivity contribution is 6.99. The Bertz CT molecular complexity index is 805. The van der Waals surface area contributed by atoms with Gasteiger partial charge in [0.1, 0.15) is 0 Å². The number of benzene rings is 2. The third kappa shape index (κ3) is 5.95. The number of rotatable bonds is 9. The van der Waals surface area contributed by atoms with E-state index in [0.717, 1.165) is 13.0 Å². The fourth-order valence-corrected chi connectivity index (χ4v) is 9.93. The van der Waals surface area contributed by atoms with Crippen LogP contribution in [0.1, 0.15) is 48.0 Å². The Labute approximate surface area is 202 Å². The molecule has 0 saturated carbocycles. The van der Waals surface area contributed by atoms with E-state index in [4.69, 9.17) is 13.9 Å². The molecule has 1 fully saturated rings. The molecule has 0 amide bonds. The summed E-state index contributed by atoms with van der Waals surface area (Å²) in [5.74, 6) is 0. The van der Waals surface area contributed by atoms with E-state index >= 15 is 0 Å². The SMILES string of the molecule is COCCOC[C@@H]1C[C@H](O[Si](c2ccccc2)(c2ccccc2)C(C)(C)C)CN1C(C)(C)C. The molecule has 1 saturated heterocycles. The van der Waals surface area contributed by atoms with Gasteiger partial charge in [-0.25, -0.2) is 0 Å². The van der Waals surface area contributed by atoms with E-state index in [1.807, 2.05) is 0 Å². The van der Waals surface area contributed by atoms with Crippen LogP contribution in [0.15, 0.2) is 60.7 Å². The molecule has 0 aromatic heterocycles. The van der Waals surface area contributed by atoms with E-state index in [-0.39, 0.29) is 16.7 Å². The topological polar surface area (TPSA) is 30.9 Å². The fraction of sp³-hybridized carbons (Fsp3) is 0.571. The van der Waals surface area contributed by atoms with Gasteiger partial charge in [0.25, 0.3) is 8.32 Å². The molecule has 0 aliphatic carbocycles. The lowest BCUT2D eigenvalue weighted by Gasteiger charge is -2.45. The molecule has 0 unspecified atom stereocenters. The van der Waals surface area contributed by atoms with Gasteiger partial charge in [0.15, 0.2) is 0 Å². The first-order valence-corrected chi connectivity index (χ1v) is 14.1. The van der Waals surface area contributed by atoms with Crippen molar-refractivity contribution in [2.45, 2.75) is 70.7 Å². The van der Waals surface area contributed by atoms with Crippen molar-refractivity contribution < 1.29 is 13.9 Å². The molecular weight excluding hydrogens is 426 g/mol. The molecule has 0 N–H and O–H groups in total. The summed E-state index contributed by atoms with van der Waals surface area (Å²) in [6, 6.07) is 22.2. The minimum atomic E-state index is -2.56. The average molecular weight is 470 g/mol. The number of ether oxygens (including phenoxy) is 2. The van der Waals surface area contributed by atoms with Crippen LogP contribution in [0.2, 0.25) is 5.04 Å². The normalized spacial score (nSPS) is 20.3. The summed E-state index contributed by atoms with van der Waals surface area (Å²) in [6.07, 6.45) is 1.14. The van der Waals surface area contributed by atoms with Crippen LogP contribution in [0, 0.1) is 0 Å². The highest BCUT2D eigenvalue weighted by atomic mass is 28.4. The van der Waals surface area contributed by atoms with Crippen LogP contribution < -0.4 is 10.4 Å². The molecular formula is C28H43NO3Si. The molecule has 33 heavy (non-hydrogen) atoms. The van der Waals surface area contributed by atoms with Crippen LogP contribution in [-0.4, -0.2) is 64.4 Å². The Balaban J connectivity index is 1.96. The second-order valence-electron chi connectivity index (χ2n) is 11.2. The lowest BCUT2D eigenvalue weighted by Crippen LogP contribution is -2.68. The zero-order valence-electron chi connectivity index (χ0n) is 21.6. The minimum absolute atomic E-state index is 0.0185. The van der Waals surface area contributed by atoms with Gasteiger partial charge in [0.2, 0.25) is 0 Å². The second-order valence-corrected chi connectivity index (χ2v) is 15.4. The van der Waals surface area contributed by atoms with Crippen molar-refractivity contribution in [2.75, 3.05) is 33.5 Å². The molecule has 1 heterocycles. The van der Waals surface area contributed by atoms with Crippen molar-refractivity contribution in [1.82, 2.24) is 4.90 Å². The first-order chi connectivity index (χ1) is 15.6. The Morgan fingerprint density at radius 3 is 1.85 bits per heavy atom. The van der Waals surface area contributed by atoms with Gasteiger partial charge in [0.05, 0.1) is 25.9 Å². The molecule has 3 rings (SSSR count). The molecule has 2 aromatic carbocycles. The standard InChI is InChI=1S/C28H43NO3Si/c1-27(2,3)29-21-24(20-23(29)22-31-19-18-30-7)32-33(28(4,5)6,25-14-10-8-11-15-25)26-16-12-9-13-17-26/h8-17,23-24H,18-22H2,1-7H3/t23-,24-/m0/s1. The van der Waals surface area contributed by atoms with Crippen molar-refractivity contribution in [1.29, 1.82) is 0 Å². The number of hydrogen-bond acceptors (Lipinski definition) is 4. The highest BCUT2D eigenvalue weighted by Gasteiger charge is 2.53. The van der Waals surface area contributed by atoms with Crippen LogP contribution >= 0.6 is 0 Å². The van der Waals surface area contributed by atoms with E-state index in [1.54, 1.807) is 7.11 Å². The zero-order chi connectivity index (χ0) is 24.1. The van der Waals surface area contributed by atoms with Crippen LogP contribution in [-0.2, 0) is 13.9 Å². The smallest absolute Gasteiger partial charge is 0.261 e. The third-order valence-corrected chi connectivity index (χ3v) is 11.8. The highest BCUT2D eigenvalue weighted by Crippen LogP contribution is 2.40. The number of nitrogens with zero attached hydrogens (tertiary/aromatic N) is 1. The fourth-order valence-electron chi connectivity index (χ4n) is 5.24. The number of methoxy groups -OCH3 is 1. The molecule has 0 radical (unpaired) electrons. The predicted octanol–water partition coefficient (Wildman–Crippen LogP) is 4.47. The molecule has 1 aliphatic rings. The first kappa shape index (κ1) is 26.1. The maximum atomic E-state index is 7.44. The van der Waals surface area contributed by atoms with Crippen molar-refractivity contribution in [3.05, 3.63) is 60.7 Å². The van der Waals surface area contributed by atoms with E-state index < -0.39 is 8.32 Å². The number of hydrogen-bond donors (Lipinski definition) is 0. The van der Waals surface area contributed by atoms with Gasteiger partial charge in [-0.15, -0.1) is 0 Å². The maximum Gasteiger partial charge on any atom is 0.261 e. The van der Waals surface area contributed by atoms with Gasteiger partial charge < -0.3 is 13.9 Å². The van der Waals surface area contributed by atoms with E-state index in [1.165, 1.54) is 10.4 Å². The van der Waals surface area contributed by atoms with Gasteiger partial charge in [-0.1, -0.05) is 81.4 Å². The molecule has 0 bridgehead atoms. The van der Waals surface area contributed by atoms with E-state index in [2.05, 4.69) is 107 Å². The van der Waals surface area contributed by atoms with Gasteiger partial charge in [-0.05, 0) is 42.6 Å². The molecule has 182 valence electrons. The summed E-state index contributed by atoms with van der Waals surface area (Å²) < 4.78 is 18.6. The average Bonchev–Trinajstić information content (AvgIpc) is 3.18. The predicted molar refractivity (Wildman–Crippen MR) is 140 cm³/mol. The second kappa shape index (κ2) is 10.8. The summed E-state index contributed by atoms with van der Waals surface area (Å²) in [6.45, 7) is 16.8. The van der Waals surface area contributed by atoms with Gasteiger partial charge in [-0.3, -0.25) is 4.90 Å². The molecule has 1 aliphatic heterocycles. The summed E-state index contributed by atoms with van der Waals surface area (Å²) in [5, 5.41) is 2.66. The molecule has 5 heteroatoms. The van der Waals surface area contributed by atoms with Gasteiger partial charge in [0, 0.05) is 25.2 Å². The Morgan fingerprint density at radius 1 is 0.848 bits per heavy atom. The zero-order valence-corrected chi connectivity index (χ0v) is 22.6. The van der Waals surface area contributed by atoms with Crippen molar-refractivity contribution in [3.63, 3.8) is 0 Å². The summed E-state index contributed by atoms with van der Waals surface area (Å²) in [7, 11) is -0.848. The summed E-state index contributed by atoms with van der Waals surface area (Å²) >= 11 is 0. The molecule has 2 aromatic rings. The largest absolute Gasteiger partial charge is 0.403 e. The van der Waals surface area contributed by atoms with Crippen molar-refractivity contribution in [3.8, 4) is 0 Å². The quantitative estimate of drug-likeness (QED) is 0.401. The van der Waals surface area contributed by atoms with Crippen molar-refractivity contribution in [2.24, 2.45) is 0 Å². The Hall–Kier alpha value is -1.50. The third-order valence-electron chi connectivity index (χ3n) is 6.74. The van der Waals surface area contributed by atoms with Gasteiger partial charge >= 0.3 is 0 Å². The van der Waals surface area contributed by atoms with Crippen molar-refractivity contribution >= 4 is 18.7 Å². The van der Waals surface area contributed by atoms with Crippen LogP contribution in [0.25, 0.3) is 0 Å². The molecule has 4 nitrogen and oxygen atoms in total. The maximum absolute atomic E-state index is 7.44. The summed E-state index contributed by atoms with van der Waals surface area (Å²) in [4.78, 5) is 2.57. The summed E-state index contributed by atoms with van der Waals surface area (Å²) in [5.41, 5.74) is 0.0544. The Kier molecular flexibility index (Phi) is 8.57. The molecule has 0 spiro atoms. The Morgan fingerprint density at radius 2 is 1.39 bits per heavy atom. The first-order valence-electron chi connectivity index (χ1n) is 12.2. The molecule has 2 atom stereocenters. The van der Waals surface area contributed by atoms with E-state index in [9.17, 15) is 0 Å². The number of likely N-dealkylation sites (tertiary alicyclic amines) is 1. The van der Waals surface area contributed by atoms with Gasteiger partial charge in [-0.2, -0.15) is 0 Å². The van der Waals surface area contributed by atoms with E-state index in [0.29, 0.717) is 25.9 Å². The minimum Gasteiger partial charge on any atom is -0.403 e. The van der Waals surface area contributed by atoms with Crippen LogP contribution in [0.4, 0.5) is 0 Å². The lowest BCUT2D eigenvalue weighted by atomic mass is 10.1. The monoisotopic (exact) mass is 469 g/mol.